The largest absolute Gasteiger partial charge is 0.507 e. The van der Waals surface area contributed by atoms with Crippen LogP contribution in [0.15, 0.2) is 18.2 Å². The number of fused-ring (bicyclic) bond motifs is 3. The number of aliphatic carboxylic acids is 1. The van der Waals surface area contributed by atoms with Crippen LogP contribution in [-0.4, -0.2) is 91.5 Å². The van der Waals surface area contributed by atoms with Gasteiger partial charge in [0, 0.05) is 42.0 Å². The molecule has 1 fully saturated rings. The summed E-state index contributed by atoms with van der Waals surface area (Å²) in [6.45, 7) is 1.55. The highest BCUT2D eigenvalue weighted by Crippen LogP contribution is 2.53. The van der Waals surface area contributed by atoms with Crippen molar-refractivity contribution in [3.8, 4) is 17.2 Å². The van der Waals surface area contributed by atoms with Crippen LogP contribution in [0.3, 0.4) is 0 Å². The first kappa shape index (κ1) is 28.0. The topological polar surface area (TPSA) is 226 Å². The second kappa shape index (κ2) is 9.80. The van der Waals surface area contributed by atoms with Crippen LogP contribution in [0.4, 0.5) is 0 Å². The summed E-state index contributed by atoms with van der Waals surface area (Å²) in [7, 11) is 1.30. The lowest BCUT2D eigenvalue weighted by atomic mass is 9.71. The van der Waals surface area contributed by atoms with Gasteiger partial charge in [-0.2, -0.15) is 0 Å². The highest BCUT2D eigenvalue weighted by molar-refractivity contribution is 6.31. The van der Waals surface area contributed by atoms with Crippen molar-refractivity contribution < 1.29 is 59.2 Å². The summed E-state index contributed by atoms with van der Waals surface area (Å²) in [6.07, 6.45) is -8.02. The number of carboxylic acid groups (broad SMARTS) is 1. The molecule has 2 aromatic rings. The van der Waals surface area contributed by atoms with Crippen molar-refractivity contribution in [3.63, 3.8) is 0 Å². The van der Waals surface area contributed by atoms with Crippen molar-refractivity contribution in [1.29, 1.82) is 0 Å². The highest BCUT2D eigenvalue weighted by atomic mass is 16.7. The zero-order valence-electron chi connectivity index (χ0n) is 21.5. The van der Waals surface area contributed by atoms with Gasteiger partial charge in [-0.05, 0) is 13.0 Å². The Morgan fingerprint density at radius 1 is 1.15 bits per heavy atom. The molecule has 214 valence electrons. The molecule has 7 unspecified atom stereocenters. The lowest BCUT2D eigenvalue weighted by Crippen LogP contribution is -2.54. The van der Waals surface area contributed by atoms with Crippen molar-refractivity contribution in [2.24, 2.45) is 5.73 Å². The highest BCUT2D eigenvalue weighted by Gasteiger charge is 2.52. The van der Waals surface area contributed by atoms with E-state index in [2.05, 4.69) is 0 Å². The number of hydrogen-bond donors (Lipinski definition) is 7. The zero-order valence-corrected chi connectivity index (χ0v) is 21.5. The van der Waals surface area contributed by atoms with E-state index in [0.29, 0.717) is 0 Å². The molecular formula is C27H29NO12. The Hall–Kier alpha value is -3.59. The van der Waals surface area contributed by atoms with Crippen molar-refractivity contribution in [3.05, 3.63) is 51.6 Å². The van der Waals surface area contributed by atoms with Crippen molar-refractivity contribution in [2.45, 2.75) is 68.5 Å². The Balaban J connectivity index is 1.69. The molecule has 0 radical (unpaired) electrons. The van der Waals surface area contributed by atoms with E-state index in [1.165, 1.54) is 25.3 Å². The van der Waals surface area contributed by atoms with Crippen molar-refractivity contribution in [2.75, 3.05) is 7.11 Å². The van der Waals surface area contributed by atoms with Gasteiger partial charge in [-0.1, -0.05) is 12.1 Å². The number of nitrogens with two attached hydrogens (primary N) is 1. The van der Waals surface area contributed by atoms with Crippen LogP contribution in [0.1, 0.15) is 68.8 Å². The van der Waals surface area contributed by atoms with Gasteiger partial charge in [0.1, 0.15) is 22.8 Å². The fourth-order valence-corrected chi connectivity index (χ4v) is 5.86. The van der Waals surface area contributed by atoms with Gasteiger partial charge in [0.25, 0.3) is 0 Å². The summed E-state index contributed by atoms with van der Waals surface area (Å²) < 4.78 is 16.9. The lowest BCUT2D eigenvalue weighted by Gasteiger charge is -2.43. The van der Waals surface area contributed by atoms with E-state index in [-0.39, 0.29) is 34.4 Å². The van der Waals surface area contributed by atoms with Gasteiger partial charge in [0.15, 0.2) is 18.2 Å². The summed E-state index contributed by atoms with van der Waals surface area (Å²) in [5.41, 5.74) is 1.84. The van der Waals surface area contributed by atoms with Crippen molar-refractivity contribution >= 4 is 17.5 Å². The molecule has 0 saturated carbocycles. The summed E-state index contributed by atoms with van der Waals surface area (Å²) >= 11 is 0. The number of carbonyl (C=O) groups excluding carboxylic acids is 2. The number of phenolic OH excluding ortho intramolecular Hbond substituents is 2. The average Bonchev–Trinajstić information content (AvgIpc) is 2.90. The van der Waals surface area contributed by atoms with E-state index >= 15 is 0 Å². The molecule has 0 bridgehead atoms. The van der Waals surface area contributed by atoms with E-state index in [1.807, 2.05) is 0 Å². The first-order valence-electron chi connectivity index (χ1n) is 12.6. The van der Waals surface area contributed by atoms with Crippen LogP contribution in [0, 0.1) is 0 Å². The smallest absolute Gasteiger partial charge is 0.335 e. The maximum absolute atomic E-state index is 13.7. The fraction of sp³-hybridized carbons (Fsp3) is 0.444. The van der Waals surface area contributed by atoms with Gasteiger partial charge in [-0.25, -0.2) is 4.79 Å². The fourth-order valence-electron chi connectivity index (χ4n) is 5.86. The standard InChI is InChI=1S/C27H29NO12/c1-9-20(29)12(28)6-15(39-9)40-14-8-27(37,25(34)26(35)36)7-11-17(14)24(33)19-18(22(11)31)21(30)10-4-3-5-13(38-2)16(10)23(19)32/h3-5,9,12,14-15,20,25,29,31,33-34,37H,6-8,28H2,1-2H3,(H,35,36). The maximum atomic E-state index is 13.7. The molecular weight excluding hydrogens is 530 g/mol. The number of methoxy groups -OCH3 is 1. The van der Waals surface area contributed by atoms with E-state index in [0.717, 1.165) is 0 Å². The SMILES string of the molecule is COc1cccc2c1C(=O)c1c(O)c3c(c(O)c1C2=O)CC(O)(C(O)C(=O)O)CC3OC1CC(N)C(O)C(C)O1. The lowest BCUT2D eigenvalue weighted by molar-refractivity contribution is -0.250. The molecule has 13 heteroatoms. The molecule has 1 heterocycles. The number of benzene rings is 2. The second-order valence-electron chi connectivity index (χ2n) is 10.4. The van der Waals surface area contributed by atoms with Crippen molar-refractivity contribution in [1.82, 2.24) is 0 Å². The van der Waals surface area contributed by atoms with E-state index in [1.54, 1.807) is 6.92 Å². The molecule has 13 nitrogen and oxygen atoms in total. The van der Waals surface area contributed by atoms with Crippen LogP contribution >= 0.6 is 0 Å². The molecule has 0 amide bonds. The predicted molar refractivity (Wildman–Crippen MR) is 133 cm³/mol. The molecule has 8 N–H and O–H groups in total. The third-order valence-electron chi connectivity index (χ3n) is 7.91. The minimum absolute atomic E-state index is 0.0308. The first-order chi connectivity index (χ1) is 18.8. The number of ketones is 2. The number of rotatable bonds is 5. The van der Waals surface area contributed by atoms with Crippen LogP contribution in [0.5, 0.6) is 17.2 Å². The average molecular weight is 560 g/mol. The summed E-state index contributed by atoms with van der Waals surface area (Å²) in [6, 6.07) is 3.52. The second-order valence-corrected chi connectivity index (χ2v) is 10.4. The summed E-state index contributed by atoms with van der Waals surface area (Å²) in [5, 5.41) is 64.1. The zero-order chi connectivity index (χ0) is 29.3. The molecule has 2 aromatic carbocycles. The number of phenols is 2. The molecule has 0 aromatic heterocycles. The molecule has 0 spiro atoms. The Morgan fingerprint density at radius 3 is 2.45 bits per heavy atom. The van der Waals surface area contributed by atoms with Crippen LogP contribution in [0.25, 0.3) is 0 Å². The first-order valence-corrected chi connectivity index (χ1v) is 12.6. The Kier molecular flexibility index (Phi) is 6.85. The maximum Gasteiger partial charge on any atom is 0.335 e. The Bertz CT molecular complexity index is 1410. The molecule has 2 aliphatic carbocycles. The minimum Gasteiger partial charge on any atom is -0.507 e. The summed E-state index contributed by atoms with van der Waals surface area (Å²) in [4.78, 5) is 38.8. The minimum atomic E-state index is -2.42. The Labute approximate surface area is 227 Å². The van der Waals surface area contributed by atoms with Crippen LogP contribution < -0.4 is 10.5 Å². The number of aromatic hydroxyl groups is 2. The van der Waals surface area contributed by atoms with Crippen LogP contribution in [-0.2, 0) is 20.7 Å². The number of aliphatic hydroxyl groups is 3. The number of aliphatic hydroxyl groups excluding tert-OH is 2. The molecule has 40 heavy (non-hydrogen) atoms. The predicted octanol–water partition coefficient (Wildman–Crippen LogP) is -0.115. The Morgan fingerprint density at radius 2 is 1.82 bits per heavy atom. The van der Waals surface area contributed by atoms with Gasteiger partial charge < -0.3 is 50.6 Å². The molecule has 1 saturated heterocycles. The van der Waals surface area contributed by atoms with E-state index in [4.69, 9.17) is 19.9 Å². The number of hydrogen-bond acceptors (Lipinski definition) is 12. The number of ether oxygens (including phenoxy) is 3. The van der Waals surface area contributed by atoms with Gasteiger partial charge >= 0.3 is 5.97 Å². The van der Waals surface area contributed by atoms with Gasteiger partial charge in [0.2, 0.25) is 5.78 Å². The number of carboxylic acids is 1. The van der Waals surface area contributed by atoms with Gasteiger partial charge in [-0.3, -0.25) is 9.59 Å². The monoisotopic (exact) mass is 559 g/mol. The molecule has 7 atom stereocenters. The third-order valence-corrected chi connectivity index (χ3v) is 7.91. The third kappa shape index (κ3) is 4.13. The summed E-state index contributed by atoms with van der Waals surface area (Å²) in [5.74, 6) is -4.80. The normalized spacial score (nSPS) is 30.2. The molecule has 5 rings (SSSR count). The molecule has 3 aliphatic rings. The number of carbonyl (C=O) groups is 3. The van der Waals surface area contributed by atoms with Gasteiger partial charge in [-0.15, -0.1) is 0 Å². The molecule has 1 aliphatic heterocycles. The van der Waals surface area contributed by atoms with Gasteiger partial charge in [0.05, 0.1) is 42.1 Å². The van der Waals surface area contributed by atoms with E-state index < -0.39 is 95.4 Å². The van der Waals surface area contributed by atoms with E-state index in [9.17, 15) is 45.0 Å². The van der Waals surface area contributed by atoms with Crippen LogP contribution in [0.2, 0.25) is 0 Å². The quantitative estimate of drug-likeness (QED) is 0.203.